The third-order valence-corrected chi connectivity index (χ3v) is 3.46. The predicted octanol–water partition coefficient (Wildman–Crippen LogP) is 2.90. The zero-order valence-corrected chi connectivity index (χ0v) is 15.9. The van der Waals surface area contributed by atoms with Crippen LogP contribution in [0.4, 0.5) is 5.69 Å². The van der Waals surface area contributed by atoms with E-state index in [2.05, 4.69) is 0 Å². The van der Waals surface area contributed by atoms with Gasteiger partial charge >= 0.3 is 11.7 Å². The second-order valence-electron chi connectivity index (χ2n) is 6.81. The number of amides is 1. The summed E-state index contributed by atoms with van der Waals surface area (Å²) in [5.41, 5.74) is -0.348. The van der Waals surface area contributed by atoms with Gasteiger partial charge in [-0.15, -0.1) is 0 Å². The zero-order chi connectivity index (χ0) is 19.9. The van der Waals surface area contributed by atoms with Crippen LogP contribution in [0.2, 0.25) is 0 Å². The number of hydrogen-bond acceptors (Lipinski definition) is 6. The Hall–Kier alpha value is -2.64. The van der Waals surface area contributed by atoms with Gasteiger partial charge in [0, 0.05) is 19.2 Å². The first kappa shape index (κ1) is 21.4. The van der Waals surface area contributed by atoms with Crippen LogP contribution < -0.4 is 4.74 Å². The monoisotopic (exact) mass is 366 g/mol. The normalized spacial score (nSPS) is 10.7. The van der Waals surface area contributed by atoms with Crippen molar-refractivity contribution < 1.29 is 24.0 Å². The number of ether oxygens (including phenoxy) is 2. The van der Waals surface area contributed by atoms with Crippen molar-refractivity contribution in [3.05, 3.63) is 33.9 Å². The lowest BCUT2D eigenvalue weighted by Gasteiger charge is -2.26. The fourth-order valence-electron chi connectivity index (χ4n) is 2.42. The minimum Gasteiger partial charge on any atom is -0.490 e. The van der Waals surface area contributed by atoms with Gasteiger partial charge in [-0.05, 0) is 24.0 Å². The Kier molecular flexibility index (Phi) is 8.02. The molecular formula is C18H26N2O6. The summed E-state index contributed by atoms with van der Waals surface area (Å²) in [5, 5.41) is 11.0. The molecule has 0 bridgehead atoms. The number of carbonyl (C=O) groups is 2. The van der Waals surface area contributed by atoms with E-state index in [4.69, 9.17) is 9.47 Å². The maximum Gasteiger partial charge on any atom is 0.338 e. The topological polar surface area (TPSA) is 99.0 Å². The Balaban J connectivity index is 2.79. The van der Waals surface area contributed by atoms with Crippen molar-refractivity contribution in [3.63, 3.8) is 0 Å². The predicted molar refractivity (Wildman–Crippen MR) is 96.2 cm³/mol. The van der Waals surface area contributed by atoms with E-state index in [1.165, 1.54) is 19.2 Å². The molecule has 1 rings (SSSR count). The van der Waals surface area contributed by atoms with E-state index in [0.29, 0.717) is 13.1 Å². The number of hydrogen-bond donors (Lipinski definition) is 0. The van der Waals surface area contributed by atoms with Crippen LogP contribution in [-0.4, -0.2) is 48.5 Å². The average Bonchev–Trinajstić information content (AvgIpc) is 2.57. The fraction of sp³-hybridized carbons (Fsp3) is 0.556. The van der Waals surface area contributed by atoms with E-state index < -0.39 is 17.5 Å². The Labute approximate surface area is 153 Å². The van der Waals surface area contributed by atoms with Crippen LogP contribution in [0.3, 0.4) is 0 Å². The Morgan fingerprint density at radius 2 is 1.73 bits per heavy atom. The van der Waals surface area contributed by atoms with Crippen molar-refractivity contribution in [3.8, 4) is 5.75 Å². The molecule has 0 radical (unpaired) electrons. The van der Waals surface area contributed by atoms with Gasteiger partial charge < -0.3 is 14.4 Å². The van der Waals surface area contributed by atoms with Gasteiger partial charge in [-0.3, -0.25) is 14.9 Å². The lowest BCUT2D eigenvalue weighted by atomic mass is 10.1. The van der Waals surface area contributed by atoms with E-state index in [-0.39, 0.29) is 34.7 Å². The molecular weight excluding hydrogens is 340 g/mol. The van der Waals surface area contributed by atoms with Crippen LogP contribution in [0, 0.1) is 22.0 Å². The summed E-state index contributed by atoms with van der Waals surface area (Å²) >= 11 is 0. The van der Waals surface area contributed by atoms with Crippen LogP contribution in [0.25, 0.3) is 0 Å². The van der Waals surface area contributed by atoms with E-state index in [9.17, 15) is 19.7 Å². The highest BCUT2D eigenvalue weighted by molar-refractivity contribution is 5.92. The van der Waals surface area contributed by atoms with Crippen LogP contribution in [0.15, 0.2) is 18.2 Å². The standard InChI is InChI=1S/C18H26N2O6/c1-12(2)9-19(10-13(3)4)17(21)11-26-18(22)14-6-7-16(25-5)15(8-14)20(23)24/h6-8,12-13H,9-11H2,1-5H3. The largest absolute Gasteiger partial charge is 0.490 e. The van der Waals surface area contributed by atoms with Crippen molar-refractivity contribution >= 4 is 17.6 Å². The molecule has 0 spiro atoms. The molecule has 1 aromatic carbocycles. The summed E-state index contributed by atoms with van der Waals surface area (Å²) in [6.45, 7) is 8.75. The summed E-state index contributed by atoms with van der Waals surface area (Å²) in [6.07, 6.45) is 0. The quantitative estimate of drug-likeness (QED) is 0.378. The molecule has 0 aromatic heterocycles. The molecule has 8 heteroatoms. The van der Waals surface area contributed by atoms with Crippen LogP contribution in [0.5, 0.6) is 5.75 Å². The second-order valence-corrected chi connectivity index (χ2v) is 6.81. The number of nitro benzene ring substituents is 1. The Morgan fingerprint density at radius 3 is 2.19 bits per heavy atom. The number of benzene rings is 1. The maximum absolute atomic E-state index is 12.3. The van der Waals surface area contributed by atoms with Crippen molar-refractivity contribution in [1.82, 2.24) is 4.90 Å². The third kappa shape index (κ3) is 6.34. The third-order valence-electron chi connectivity index (χ3n) is 3.46. The lowest BCUT2D eigenvalue weighted by molar-refractivity contribution is -0.385. The first-order valence-corrected chi connectivity index (χ1v) is 8.43. The minimum absolute atomic E-state index is 0.00966. The van der Waals surface area contributed by atoms with Crippen molar-refractivity contribution in [2.45, 2.75) is 27.7 Å². The maximum atomic E-state index is 12.3. The number of methoxy groups -OCH3 is 1. The van der Waals surface area contributed by atoms with Crippen LogP contribution in [0.1, 0.15) is 38.1 Å². The molecule has 0 unspecified atom stereocenters. The number of carbonyl (C=O) groups excluding carboxylic acids is 2. The lowest BCUT2D eigenvalue weighted by Crippen LogP contribution is -2.39. The second kappa shape index (κ2) is 9.74. The minimum atomic E-state index is -0.793. The van der Waals surface area contributed by atoms with Gasteiger partial charge in [-0.2, -0.15) is 0 Å². The molecule has 0 saturated carbocycles. The molecule has 0 aliphatic carbocycles. The van der Waals surface area contributed by atoms with Gasteiger partial charge in [0.25, 0.3) is 5.91 Å². The molecule has 0 N–H and O–H groups in total. The van der Waals surface area contributed by atoms with E-state index >= 15 is 0 Å². The Morgan fingerprint density at radius 1 is 1.15 bits per heavy atom. The summed E-state index contributed by atoms with van der Waals surface area (Å²) in [6, 6.07) is 3.75. The SMILES string of the molecule is COc1ccc(C(=O)OCC(=O)N(CC(C)C)CC(C)C)cc1[N+](=O)[O-]. The van der Waals surface area contributed by atoms with Gasteiger partial charge in [0.1, 0.15) is 0 Å². The molecule has 0 aliphatic rings. The highest BCUT2D eigenvalue weighted by Gasteiger charge is 2.21. The fourth-order valence-corrected chi connectivity index (χ4v) is 2.42. The molecule has 8 nitrogen and oxygen atoms in total. The van der Waals surface area contributed by atoms with E-state index in [1.54, 1.807) is 4.90 Å². The molecule has 144 valence electrons. The Bertz CT molecular complexity index is 647. The summed E-state index contributed by atoms with van der Waals surface area (Å²) < 4.78 is 9.94. The molecule has 0 heterocycles. The number of nitrogens with zero attached hydrogens (tertiary/aromatic N) is 2. The van der Waals surface area contributed by atoms with Crippen molar-refractivity contribution in [1.29, 1.82) is 0 Å². The number of esters is 1. The molecule has 0 fully saturated rings. The van der Waals surface area contributed by atoms with E-state index in [0.717, 1.165) is 6.07 Å². The van der Waals surface area contributed by atoms with Gasteiger partial charge in [0.05, 0.1) is 17.6 Å². The smallest absolute Gasteiger partial charge is 0.338 e. The number of nitro groups is 1. The van der Waals surface area contributed by atoms with E-state index in [1.807, 2.05) is 27.7 Å². The molecule has 0 aliphatic heterocycles. The average molecular weight is 366 g/mol. The number of rotatable bonds is 9. The summed E-state index contributed by atoms with van der Waals surface area (Å²) in [7, 11) is 1.30. The van der Waals surface area contributed by atoms with Gasteiger partial charge in [-0.1, -0.05) is 27.7 Å². The molecule has 26 heavy (non-hydrogen) atoms. The first-order chi connectivity index (χ1) is 12.1. The van der Waals surface area contributed by atoms with Gasteiger partial charge in [0.15, 0.2) is 12.4 Å². The molecule has 0 atom stereocenters. The van der Waals surface area contributed by atoms with Crippen molar-refractivity contribution in [2.24, 2.45) is 11.8 Å². The van der Waals surface area contributed by atoms with Gasteiger partial charge in [0.2, 0.25) is 0 Å². The first-order valence-electron chi connectivity index (χ1n) is 8.43. The molecule has 0 saturated heterocycles. The van der Waals surface area contributed by atoms with Crippen molar-refractivity contribution in [2.75, 3.05) is 26.8 Å². The summed E-state index contributed by atoms with van der Waals surface area (Å²) in [5.74, 6) is -0.458. The summed E-state index contributed by atoms with van der Waals surface area (Å²) in [4.78, 5) is 36.5. The van der Waals surface area contributed by atoms with Crippen LogP contribution >= 0.6 is 0 Å². The van der Waals surface area contributed by atoms with Crippen LogP contribution in [-0.2, 0) is 9.53 Å². The molecule has 1 aromatic rings. The zero-order valence-electron chi connectivity index (χ0n) is 15.9. The highest BCUT2D eigenvalue weighted by atomic mass is 16.6. The van der Waals surface area contributed by atoms with Gasteiger partial charge in [-0.25, -0.2) is 4.79 Å². The molecule has 1 amide bonds. The highest BCUT2D eigenvalue weighted by Crippen LogP contribution is 2.27.